The molecule has 1 aromatic heterocycles. The molecule has 1 aliphatic rings. The summed E-state index contributed by atoms with van der Waals surface area (Å²) in [5, 5.41) is 14.3. The quantitative estimate of drug-likeness (QED) is 0.673. The molecule has 1 unspecified atom stereocenters. The first kappa shape index (κ1) is 19.6. The van der Waals surface area contributed by atoms with Gasteiger partial charge in [-0.05, 0) is 37.6 Å². The van der Waals surface area contributed by atoms with Gasteiger partial charge in [0.2, 0.25) is 5.95 Å². The highest BCUT2D eigenvalue weighted by atomic mass is 16.3. The van der Waals surface area contributed by atoms with E-state index >= 15 is 0 Å². The van der Waals surface area contributed by atoms with E-state index in [-0.39, 0.29) is 6.10 Å². The second-order valence-electron chi connectivity index (χ2n) is 7.72. The molecule has 2 aromatic carbocycles. The van der Waals surface area contributed by atoms with Gasteiger partial charge < -0.3 is 15.3 Å². The summed E-state index contributed by atoms with van der Waals surface area (Å²) in [6, 6.07) is 18.5. The lowest BCUT2D eigenvalue weighted by molar-refractivity contribution is 0.131. The predicted molar refractivity (Wildman–Crippen MR) is 118 cm³/mol. The fourth-order valence-corrected chi connectivity index (χ4v) is 3.85. The van der Waals surface area contributed by atoms with E-state index in [1.807, 2.05) is 31.2 Å². The Morgan fingerprint density at radius 1 is 0.966 bits per heavy atom. The average molecular weight is 392 g/mol. The molecule has 0 bridgehead atoms. The van der Waals surface area contributed by atoms with Gasteiger partial charge in [-0.3, -0.25) is 4.90 Å². The number of nitrogens with one attached hydrogen (secondary N) is 1. The second-order valence-corrected chi connectivity index (χ2v) is 7.72. The van der Waals surface area contributed by atoms with Gasteiger partial charge in [0.1, 0.15) is 5.82 Å². The Morgan fingerprint density at radius 3 is 2.59 bits per heavy atom. The fraction of sp³-hybridized carbons (Fsp3) is 0.391. The Morgan fingerprint density at radius 2 is 1.76 bits per heavy atom. The van der Waals surface area contributed by atoms with E-state index < -0.39 is 0 Å². The Kier molecular flexibility index (Phi) is 6.22. The molecule has 29 heavy (non-hydrogen) atoms. The lowest BCUT2D eigenvalue weighted by Gasteiger charge is -2.23. The summed E-state index contributed by atoms with van der Waals surface area (Å²) in [6.45, 7) is 6.98. The van der Waals surface area contributed by atoms with Crippen molar-refractivity contribution < 1.29 is 5.11 Å². The van der Waals surface area contributed by atoms with Crippen LogP contribution in [0.3, 0.4) is 0 Å². The molecule has 2 N–H and O–H groups in total. The van der Waals surface area contributed by atoms with Crippen LogP contribution in [0.25, 0.3) is 10.9 Å². The van der Waals surface area contributed by atoms with Crippen LogP contribution < -0.4 is 10.2 Å². The van der Waals surface area contributed by atoms with Gasteiger partial charge in [-0.2, -0.15) is 4.98 Å². The molecule has 4 rings (SSSR count). The number of aliphatic hydroxyl groups is 1. The SMILES string of the molecule is CC(O)CN1CCCN(c2nc(NCc3ccccc3)c3ccccc3n2)CC1. The number of nitrogens with zero attached hydrogens (tertiary/aromatic N) is 4. The lowest BCUT2D eigenvalue weighted by Crippen LogP contribution is -2.35. The van der Waals surface area contributed by atoms with E-state index in [9.17, 15) is 5.11 Å². The molecule has 1 aliphatic heterocycles. The Balaban J connectivity index is 1.56. The topological polar surface area (TPSA) is 64.5 Å². The maximum atomic E-state index is 9.70. The van der Waals surface area contributed by atoms with Crippen LogP contribution >= 0.6 is 0 Å². The highest BCUT2D eigenvalue weighted by Crippen LogP contribution is 2.24. The number of hydrogen-bond donors (Lipinski definition) is 2. The van der Waals surface area contributed by atoms with Crippen LogP contribution in [0.4, 0.5) is 11.8 Å². The smallest absolute Gasteiger partial charge is 0.227 e. The van der Waals surface area contributed by atoms with Crippen LogP contribution in [0.5, 0.6) is 0 Å². The number of hydrogen-bond acceptors (Lipinski definition) is 6. The van der Waals surface area contributed by atoms with Crippen molar-refractivity contribution in [3.05, 3.63) is 60.2 Å². The van der Waals surface area contributed by atoms with Crippen LogP contribution in [0, 0.1) is 0 Å². The van der Waals surface area contributed by atoms with Crippen molar-refractivity contribution in [2.24, 2.45) is 0 Å². The molecule has 0 spiro atoms. The maximum Gasteiger partial charge on any atom is 0.227 e. The van der Waals surface area contributed by atoms with Crippen LogP contribution in [-0.2, 0) is 6.54 Å². The average Bonchev–Trinajstić information content (AvgIpc) is 2.97. The molecule has 0 saturated carbocycles. The lowest BCUT2D eigenvalue weighted by atomic mass is 10.2. The monoisotopic (exact) mass is 391 g/mol. The van der Waals surface area contributed by atoms with Crippen molar-refractivity contribution in [3.63, 3.8) is 0 Å². The van der Waals surface area contributed by atoms with E-state index in [4.69, 9.17) is 9.97 Å². The Labute approximate surface area is 172 Å². The molecule has 2 heterocycles. The van der Waals surface area contributed by atoms with Crippen LogP contribution in [0.1, 0.15) is 18.9 Å². The van der Waals surface area contributed by atoms with Crippen molar-refractivity contribution in [1.82, 2.24) is 14.9 Å². The van der Waals surface area contributed by atoms with Gasteiger partial charge in [-0.15, -0.1) is 0 Å². The molecule has 1 saturated heterocycles. The Hall–Kier alpha value is -2.70. The summed E-state index contributed by atoms with van der Waals surface area (Å²) in [5.41, 5.74) is 2.18. The van der Waals surface area contributed by atoms with E-state index in [1.54, 1.807) is 0 Å². The number of aliphatic hydroxyl groups excluding tert-OH is 1. The van der Waals surface area contributed by atoms with Gasteiger partial charge in [-0.1, -0.05) is 42.5 Å². The number of β-amino-alcohol motifs (C(OH)–C–C–N with tert-alkyl or cyclic N) is 1. The number of aromatic nitrogens is 2. The molecule has 6 nitrogen and oxygen atoms in total. The van der Waals surface area contributed by atoms with Gasteiger partial charge in [0.25, 0.3) is 0 Å². The normalized spacial score (nSPS) is 16.6. The maximum absolute atomic E-state index is 9.70. The molecule has 0 radical (unpaired) electrons. The molecule has 6 heteroatoms. The summed E-state index contributed by atoms with van der Waals surface area (Å²) in [5.74, 6) is 1.65. The fourth-order valence-electron chi connectivity index (χ4n) is 3.85. The van der Waals surface area contributed by atoms with E-state index in [0.717, 1.165) is 68.4 Å². The first-order valence-electron chi connectivity index (χ1n) is 10.4. The van der Waals surface area contributed by atoms with Gasteiger partial charge in [-0.25, -0.2) is 4.98 Å². The van der Waals surface area contributed by atoms with Crippen molar-refractivity contribution in [2.45, 2.75) is 26.0 Å². The summed E-state index contributed by atoms with van der Waals surface area (Å²) in [4.78, 5) is 14.3. The van der Waals surface area contributed by atoms with Crippen molar-refractivity contribution >= 4 is 22.7 Å². The van der Waals surface area contributed by atoms with Gasteiger partial charge in [0.15, 0.2) is 0 Å². The number of anilines is 2. The Bertz CT molecular complexity index is 931. The third kappa shape index (κ3) is 5.02. The molecular weight excluding hydrogens is 362 g/mol. The van der Waals surface area contributed by atoms with E-state index in [2.05, 4.69) is 45.4 Å². The molecule has 1 atom stereocenters. The zero-order chi connectivity index (χ0) is 20.1. The largest absolute Gasteiger partial charge is 0.392 e. The minimum Gasteiger partial charge on any atom is -0.392 e. The molecule has 152 valence electrons. The molecule has 0 amide bonds. The van der Waals surface area contributed by atoms with Crippen LogP contribution in [-0.4, -0.2) is 58.8 Å². The zero-order valence-electron chi connectivity index (χ0n) is 17.0. The molecule has 3 aromatic rings. The molecule has 0 aliphatic carbocycles. The molecule has 1 fully saturated rings. The highest BCUT2D eigenvalue weighted by Gasteiger charge is 2.19. The zero-order valence-corrected chi connectivity index (χ0v) is 17.0. The minimum atomic E-state index is -0.299. The summed E-state index contributed by atoms with van der Waals surface area (Å²) in [6.07, 6.45) is 0.739. The van der Waals surface area contributed by atoms with Gasteiger partial charge in [0, 0.05) is 38.1 Å². The van der Waals surface area contributed by atoms with E-state index in [1.165, 1.54) is 5.56 Å². The van der Waals surface area contributed by atoms with Crippen molar-refractivity contribution in [3.8, 4) is 0 Å². The standard InChI is InChI=1S/C23H29N5O/c1-18(29)17-27-12-7-13-28(15-14-27)23-25-21-11-6-5-10-20(21)22(26-23)24-16-19-8-3-2-4-9-19/h2-6,8-11,18,29H,7,12-17H2,1H3,(H,24,25,26). The second kappa shape index (κ2) is 9.20. The highest BCUT2D eigenvalue weighted by molar-refractivity contribution is 5.90. The number of rotatable bonds is 6. The van der Waals surface area contributed by atoms with Crippen LogP contribution in [0.15, 0.2) is 54.6 Å². The third-order valence-corrected chi connectivity index (χ3v) is 5.29. The van der Waals surface area contributed by atoms with Crippen molar-refractivity contribution in [2.75, 3.05) is 42.9 Å². The number of benzene rings is 2. The number of para-hydroxylation sites is 1. The summed E-state index contributed by atoms with van der Waals surface area (Å²) >= 11 is 0. The van der Waals surface area contributed by atoms with Gasteiger partial charge >= 0.3 is 0 Å². The predicted octanol–water partition coefficient (Wildman–Crippen LogP) is 3.13. The summed E-state index contributed by atoms with van der Waals surface area (Å²) < 4.78 is 0. The minimum absolute atomic E-state index is 0.299. The first-order chi connectivity index (χ1) is 14.2. The first-order valence-corrected chi connectivity index (χ1v) is 10.4. The van der Waals surface area contributed by atoms with Crippen molar-refractivity contribution in [1.29, 1.82) is 0 Å². The van der Waals surface area contributed by atoms with Gasteiger partial charge in [0.05, 0.1) is 11.6 Å². The molecular formula is C23H29N5O. The van der Waals surface area contributed by atoms with Crippen LogP contribution in [0.2, 0.25) is 0 Å². The number of fused-ring (bicyclic) bond motifs is 1. The third-order valence-electron chi connectivity index (χ3n) is 5.29. The summed E-state index contributed by atoms with van der Waals surface area (Å²) in [7, 11) is 0. The van der Waals surface area contributed by atoms with E-state index in [0.29, 0.717) is 0 Å².